The van der Waals surface area contributed by atoms with Crippen LogP contribution in [-0.4, -0.2) is 13.0 Å². The molecule has 0 radical (unpaired) electrons. The predicted octanol–water partition coefficient (Wildman–Crippen LogP) is 6.58. The molecule has 0 spiro atoms. The second kappa shape index (κ2) is 9.33. The fraction of sp³-hybridized carbons (Fsp3) is 0.179. The van der Waals surface area contributed by atoms with Gasteiger partial charge in [0.1, 0.15) is 17.1 Å². The molecular formula is C28H26FNO3. The number of nitrogens with one attached hydrogen (secondary N) is 1. The largest absolute Gasteiger partial charge is 0.496 e. The van der Waals surface area contributed by atoms with Crippen LogP contribution in [0.25, 0.3) is 27.7 Å². The monoisotopic (exact) mass is 443 g/mol. The molecule has 4 nitrogen and oxygen atoms in total. The number of ether oxygens (including phenoxy) is 1. The first kappa shape index (κ1) is 22.3. The summed E-state index contributed by atoms with van der Waals surface area (Å²) in [5, 5.41) is 3.80. The number of halogens is 1. The smallest absolute Gasteiger partial charge is 0.244 e. The second-order valence-corrected chi connectivity index (χ2v) is 8.19. The van der Waals surface area contributed by atoms with Crippen molar-refractivity contribution in [3.05, 3.63) is 95.0 Å². The molecule has 168 valence electrons. The first-order chi connectivity index (χ1) is 15.9. The summed E-state index contributed by atoms with van der Waals surface area (Å²) in [6, 6.07) is 16.2. The summed E-state index contributed by atoms with van der Waals surface area (Å²) in [7, 11) is 1.60. The number of carbonyl (C=O) groups is 1. The van der Waals surface area contributed by atoms with Crippen LogP contribution >= 0.6 is 0 Å². The van der Waals surface area contributed by atoms with E-state index in [4.69, 9.17) is 9.15 Å². The van der Waals surface area contributed by atoms with Crippen molar-refractivity contribution in [3.63, 3.8) is 0 Å². The van der Waals surface area contributed by atoms with Crippen molar-refractivity contribution < 1.29 is 18.3 Å². The Kier molecular flexibility index (Phi) is 6.31. The predicted molar refractivity (Wildman–Crippen MR) is 130 cm³/mol. The maximum atomic E-state index is 13.1. The van der Waals surface area contributed by atoms with E-state index in [1.54, 1.807) is 31.6 Å². The molecule has 5 heteroatoms. The summed E-state index contributed by atoms with van der Waals surface area (Å²) in [6.45, 7) is 6.35. The number of allylic oxidation sites excluding steroid dienone is 1. The molecule has 0 aliphatic carbocycles. The molecular weight excluding hydrogens is 417 g/mol. The van der Waals surface area contributed by atoms with Crippen molar-refractivity contribution in [3.8, 4) is 16.9 Å². The normalized spacial score (nSPS) is 11.6. The molecule has 0 aliphatic heterocycles. The minimum Gasteiger partial charge on any atom is -0.496 e. The van der Waals surface area contributed by atoms with Gasteiger partial charge in [-0.2, -0.15) is 0 Å². The lowest BCUT2D eigenvalue weighted by atomic mass is 9.96. The quantitative estimate of drug-likeness (QED) is 0.342. The van der Waals surface area contributed by atoms with Crippen molar-refractivity contribution in [2.24, 2.45) is 0 Å². The molecule has 0 fully saturated rings. The Bertz CT molecular complexity index is 1350. The Morgan fingerprint density at radius 3 is 2.52 bits per heavy atom. The number of benzene rings is 3. The number of hydrogen-bond donors (Lipinski definition) is 1. The minimum atomic E-state index is -0.303. The number of carbonyl (C=O) groups excluding carboxylic acids is 1. The van der Waals surface area contributed by atoms with Crippen molar-refractivity contribution >= 4 is 22.4 Å². The van der Waals surface area contributed by atoms with Crippen molar-refractivity contribution in [2.45, 2.75) is 27.3 Å². The van der Waals surface area contributed by atoms with Crippen LogP contribution in [0.2, 0.25) is 0 Å². The topological polar surface area (TPSA) is 51.5 Å². The van der Waals surface area contributed by atoms with Crippen molar-refractivity contribution in [1.29, 1.82) is 0 Å². The first-order valence-electron chi connectivity index (χ1n) is 10.7. The van der Waals surface area contributed by atoms with E-state index in [-0.39, 0.29) is 11.7 Å². The van der Waals surface area contributed by atoms with Gasteiger partial charge in [0, 0.05) is 35.2 Å². The molecule has 0 bridgehead atoms. The third-order valence-corrected chi connectivity index (χ3v) is 5.72. The summed E-state index contributed by atoms with van der Waals surface area (Å²) >= 11 is 0. The van der Waals surface area contributed by atoms with Crippen molar-refractivity contribution in [2.75, 3.05) is 7.11 Å². The zero-order valence-electron chi connectivity index (χ0n) is 19.2. The molecule has 1 heterocycles. The van der Waals surface area contributed by atoms with Gasteiger partial charge in [0.2, 0.25) is 5.91 Å². The summed E-state index contributed by atoms with van der Waals surface area (Å²) in [5.74, 6) is 0.0904. The summed E-state index contributed by atoms with van der Waals surface area (Å²) in [6.07, 6.45) is 3.31. The average Bonchev–Trinajstić information content (AvgIpc) is 3.20. The van der Waals surface area contributed by atoms with Crippen LogP contribution in [0.5, 0.6) is 5.75 Å². The van der Waals surface area contributed by atoms with Crippen LogP contribution in [0.3, 0.4) is 0 Å². The van der Waals surface area contributed by atoms with E-state index in [0.717, 1.165) is 38.8 Å². The molecule has 1 aromatic heterocycles. The van der Waals surface area contributed by atoms with Gasteiger partial charge in [-0.3, -0.25) is 4.79 Å². The molecule has 0 atom stereocenters. The van der Waals surface area contributed by atoms with Gasteiger partial charge in [-0.25, -0.2) is 4.39 Å². The van der Waals surface area contributed by atoms with E-state index < -0.39 is 0 Å². The van der Waals surface area contributed by atoms with Gasteiger partial charge in [-0.15, -0.1) is 0 Å². The lowest BCUT2D eigenvalue weighted by Crippen LogP contribution is -2.20. The highest BCUT2D eigenvalue weighted by atomic mass is 19.1. The van der Waals surface area contributed by atoms with Gasteiger partial charge in [-0.05, 0) is 61.2 Å². The highest BCUT2D eigenvalue weighted by Gasteiger charge is 2.16. The number of fused-ring (bicyclic) bond motifs is 1. The van der Waals surface area contributed by atoms with Gasteiger partial charge in [0.05, 0.1) is 13.4 Å². The van der Waals surface area contributed by atoms with Crippen LogP contribution in [0.1, 0.15) is 29.2 Å². The van der Waals surface area contributed by atoms with Gasteiger partial charge in [-0.1, -0.05) is 35.9 Å². The lowest BCUT2D eigenvalue weighted by Gasteiger charge is -2.11. The van der Waals surface area contributed by atoms with Crippen LogP contribution in [-0.2, 0) is 11.3 Å². The van der Waals surface area contributed by atoms with E-state index in [2.05, 4.69) is 37.4 Å². The molecule has 4 rings (SSSR count). The van der Waals surface area contributed by atoms with Crippen molar-refractivity contribution in [1.82, 2.24) is 5.32 Å². The Morgan fingerprint density at radius 1 is 1.06 bits per heavy atom. The highest BCUT2D eigenvalue weighted by Crippen LogP contribution is 2.38. The molecule has 4 aromatic rings. The van der Waals surface area contributed by atoms with Gasteiger partial charge >= 0.3 is 0 Å². The van der Waals surface area contributed by atoms with Crippen LogP contribution < -0.4 is 10.1 Å². The minimum absolute atomic E-state index is 0.235. The molecule has 1 N–H and O–H groups in total. The number of amides is 1. The molecule has 0 saturated heterocycles. The van der Waals surface area contributed by atoms with E-state index in [0.29, 0.717) is 12.3 Å². The van der Waals surface area contributed by atoms with E-state index in [9.17, 15) is 9.18 Å². The number of methoxy groups -OCH3 is 1. The average molecular weight is 444 g/mol. The molecule has 33 heavy (non-hydrogen) atoms. The second-order valence-electron chi connectivity index (χ2n) is 8.19. The van der Waals surface area contributed by atoms with E-state index in [1.165, 1.54) is 23.3 Å². The SMILES string of the molecule is COc1cc2occ(-c3ccc(C)cc3C)c2cc1/C(C)=C/C(=O)NCc1ccc(F)cc1. The fourth-order valence-electron chi connectivity index (χ4n) is 3.97. The van der Waals surface area contributed by atoms with Crippen LogP contribution in [0, 0.1) is 19.7 Å². The zero-order chi connectivity index (χ0) is 23.5. The summed E-state index contributed by atoms with van der Waals surface area (Å²) < 4.78 is 24.5. The van der Waals surface area contributed by atoms with E-state index >= 15 is 0 Å². The molecule has 0 saturated carbocycles. The number of hydrogen-bond acceptors (Lipinski definition) is 3. The summed E-state index contributed by atoms with van der Waals surface area (Å²) in [5.41, 5.74) is 7.60. The maximum absolute atomic E-state index is 13.1. The number of aryl methyl sites for hydroxylation is 2. The number of furan rings is 1. The van der Waals surface area contributed by atoms with Gasteiger partial charge < -0.3 is 14.5 Å². The van der Waals surface area contributed by atoms with Gasteiger partial charge in [0.25, 0.3) is 0 Å². The third kappa shape index (κ3) is 4.82. The summed E-state index contributed by atoms with van der Waals surface area (Å²) in [4.78, 5) is 12.5. The first-order valence-corrected chi connectivity index (χ1v) is 10.7. The molecule has 1 amide bonds. The van der Waals surface area contributed by atoms with Crippen LogP contribution in [0.15, 0.2) is 71.4 Å². The van der Waals surface area contributed by atoms with Gasteiger partial charge in [0.15, 0.2) is 0 Å². The molecule has 0 aliphatic rings. The van der Waals surface area contributed by atoms with Crippen LogP contribution in [0.4, 0.5) is 4.39 Å². The Balaban J connectivity index is 1.65. The Morgan fingerprint density at radius 2 is 1.82 bits per heavy atom. The lowest BCUT2D eigenvalue weighted by molar-refractivity contribution is -0.116. The molecule has 3 aromatic carbocycles. The molecule has 0 unspecified atom stereocenters. The Hall–Kier alpha value is -3.86. The Labute approximate surface area is 192 Å². The fourth-order valence-corrected chi connectivity index (χ4v) is 3.97. The zero-order valence-corrected chi connectivity index (χ0v) is 19.2. The standard InChI is InChI=1S/C28H26FNO3/c1-17-5-10-22(18(2)11-17)25-16-33-27-14-26(32-4)23(13-24(25)27)19(3)12-28(31)30-15-20-6-8-21(29)9-7-20/h5-14,16H,15H2,1-4H3,(H,30,31)/b19-12+. The third-order valence-electron chi connectivity index (χ3n) is 5.72. The maximum Gasteiger partial charge on any atom is 0.244 e. The number of rotatable bonds is 6. The van der Waals surface area contributed by atoms with E-state index in [1.807, 2.05) is 19.1 Å². The highest BCUT2D eigenvalue weighted by molar-refractivity contribution is 6.00.